The van der Waals surface area contributed by atoms with Gasteiger partial charge in [0.1, 0.15) is 18.2 Å². The maximum atomic E-state index is 11.8. The van der Waals surface area contributed by atoms with E-state index in [1.807, 2.05) is 0 Å². The highest BCUT2D eigenvalue weighted by atomic mass is 32.1. The molecule has 0 aliphatic rings. The summed E-state index contributed by atoms with van der Waals surface area (Å²) in [6.45, 7) is 2.00. The van der Waals surface area contributed by atoms with Gasteiger partial charge in [0.25, 0.3) is 5.56 Å². The number of hydrogen-bond acceptors (Lipinski definition) is 6. The molecule has 0 radical (unpaired) electrons. The molecule has 0 atom stereocenters. The van der Waals surface area contributed by atoms with Crippen molar-refractivity contribution in [2.45, 2.75) is 20.1 Å². The molecule has 0 fully saturated rings. The second-order valence-electron chi connectivity index (χ2n) is 4.11. The van der Waals surface area contributed by atoms with Crippen molar-refractivity contribution in [1.29, 1.82) is 0 Å². The minimum atomic E-state index is -0.321. The maximum absolute atomic E-state index is 11.8. The first-order chi connectivity index (χ1) is 9.60. The number of nitrogens with zero attached hydrogens (tertiary/aromatic N) is 3. The van der Waals surface area contributed by atoms with Gasteiger partial charge in [0.15, 0.2) is 0 Å². The monoisotopic (exact) mass is 294 g/mol. The van der Waals surface area contributed by atoms with Crippen LogP contribution in [0.1, 0.15) is 10.6 Å². The highest BCUT2D eigenvalue weighted by molar-refractivity contribution is 7.15. The van der Waals surface area contributed by atoms with Crippen LogP contribution in [0.15, 0.2) is 23.1 Å². The molecular weight excluding hydrogens is 280 g/mol. The number of hydrogen-bond donors (Lipinski definition) is 1. The van der Waals surface area contributed by atoms with Crippen molar-refractivity contribution in [3.8, 4) is 0 Å². The van der Waals surface area contributed by atoms with Gasteiger partial charge in [-0.25, -0.2) is 0 Å². The molecule has 0 aliphatic carbocycles. The second kappa shape index (κ2) is 6.40. The Kier molecular flexibility index (Phi) is 4.59. The topological polar surface area (TPSA) is 86.1 Å². The lowest BCUT2D eigenvalue weighted by Gasteiger charge is -2.05. The zero-order valence-corrected chi connectivity index (χ0v) is 11.9. The number of methoxy groups -OCH3 is 1. The molecule has 0 aliphatic heterocycles. The number of ether oxygens (including phenoxy) is 1. The molecule has 0 spiro atoms. The van der Waals surface area contributed by atoms with Crippen LogP contribution in [0.5, 0.6) is 0 Å². The Morgan fingerprint density at radius 3 is 3.05 bits per heavy atom. The Balaban J connectivity index is 2.01. The molecule has 2 rings (SSSR count). The quantitative estimate of drug-likeness (QED) is 0.881. The SMILES string of the molecule is COCc1nnc(NC(=O)Cn2cccc(C)c2=O)s1. The highest BCUT2D eigenvalue weighted by Crippen LogP contribution is 2.15. The molecule has 7 nitrogen and oxygen atoms in total. The summed E-state index contributed by atoms with van der Waals surface area (Å²) >= 11 is 1.24. The Bertz CT molecular complexity index is 665. The van der Waals surface area contributed by atoms with Gasteiger partial charge in [-0.2, -0.15) is 0 Å². The fourth-order valence-electron chi connectivity index (χ4n) is 1.58. The van der Waals surface area contributed by atoms with Crippen molar-refractivity contribution in [2.24, 2.45) is 0 Å². The molecule has 20 heavy (non-hydrogen) atoms. The summed E-state index contributed by atoms with van der Waals surface area (Å²) in [7, 11) is 1.56. The van der Waals surface area contributed by atoms with E-state index >= 15 is 0 Å². The minimum absolute atomic E-state index is 0.0558. The van der Waals surface area contributed by atoms with Crippen LogP contribution in [0.4, 0.5) is 5.13 Å². The van der Waals surface area contributed by atoms with E-state index in [1.54, 1.807) is 32.4 Å². The Hall–Kier alpha value is -2.06. The van der Waals surface area contributed by atoms with Crippen LogP contribution < -0.4 is 10.9 Å². The number of amides is 1. The van der Waals surface area contributed by atoms with Gasteiger partial charge in [-0.15, -0.1) is 10.2 Å². The number of anilines is 1. The third-order valence-corrected chi connectivity index (χ3v) is 3.32. The van der Waals surface area contributed by atoms with Crippen LogP contribution in [0.3, 0.4) is 0 Å². The predicted molar refractivity (Wildman–Crippen MR) is 74.7 cm³/mol. The third kappa shape index (κ3) is 3.49. The molecule has 0 saturated carbocycles. The van der Waals surface area contributed by atoms with E-state index < -0.39 is 0 Å². The fraction of sp³-hybridized carbons (Fsp3) is 0.333. The summed E-state index contributed by atoms with van der Waals surface area (Å²) in [4.78, 5) is 23.6. The largest absolute Gasteiger partial charge is 0.377 e. The van der Waals surface area contributed by atoms with Crippen molar-refractivity contribution >= 4 is 22.4 Å². The van der Waals surface area contributed by atoms with Crippen molar-refractivity contribution in [2.75, 3.05) is 12.4 Å². The summed E-state index contributed by atoms with van der Waals surface area (Å²) < 4.78 is 6.27. The van der Waals surface area contributed by atoms with E-state index in [0.29, 0.717) is 22.3 Å². The number of aromatic nitrogens is 3. The number of carbonyl (C=O) groups is 1. The molecular formula is C12H14N4O3S. The molecule has 2 aromatic rings. The van der Waals surface area contributed by atoms with E-state index in [0.717, 1.165) is 0 Å². The summed E-state index contributed by atoms with van der Waals surface area (Å²) in [5.74, 6) is -0.321. The van der Waals surface area contributed by atoms with Crippen LogP contribution in [0, 0.1) is 6.92 Å². The van der Waals surface area contributed by atoms with E-state index in [2.05, 4.69) is 15.5 Å². The van der Waals surface area contributed by atoms with Gasteiger partial charge in [-0.05, 0) is 13.0 Å². The maximum Gasteiger partial charge on any atom is 0.253 e. The average molecular weight is 294 g/mol. The Labute approximate surface area is 119 Å². The number of pyridine rings is 1. The molecule has 0 bridgehead atoms. The Morgan fingerprint density at radius 2 is 2.30 bits per heavy atom. The zero-order valence-electron chi connectivity index (χ0n) is 11.1. The normalized spacial score (nSPS) is 10.5. The predicted octanol–water partition coefficient (Wildman–Crippen LogP) is 0.793. The first kappa shape index (κ1) is 14.4. The smallest absolute Gasteiger partial charge is 0.253 e. The van der Waals surface area contributed by atoms with Crippen molar-refractivity contribution in [3.63, 3.8) is 0 Å². The summed E-state index contributed by atoms with van der Waals surface area (Å²) in [5, 5.41) is 11.4. The van der Waals surface area contributed by atoms with Crippen molar-refractivity contribution < 1.29 is 9.53 Å². The lowest BCUT2D eigenvalue weighted by Crippen LogP contribution is -2.28. The molecule has 8 heteroatoms. The number of carbonyl (C=O) groups excluding carboxylic acids is 1. The van der Waals surface area contributed by atoms with Crippen LogP contribution in [-0.2, 0) is 22.7 Å². The number of rotatable bonds is 5. The molecule has 0 saturated heterocycles. The molecule has 2 heterocycles. The van der Waals surface area contributed by atoms with Gasteiger partial charge in [-0.3, -0.25) is 14.9 Å². The second-order valence-corrected chi connectivity index (χ2v) is 5.17. The summed E-state index contributed by atoms with van der Waals surface area (Å²) in [6, 6.07) is 3.43. The van der Waals surface area contributed by atoms with Gasteiger partial charge < -0.3 is 9.30 Å². The molecule has 106 valence electrons. The lowest BCUT2D eigenvalue weighted by atomic mass is 10.3. The number of aryl methyl sites for hydroxylation is 1. The van der Waals surface area contributed by atoms with Gasteiger partial charge in [0.2, 0.25) is 11.0 Å². The van der Waals surface area contributed by atoms with Crippen LogP contribution >= 0.6 is 11.3 Å². The summed E-state index contributed by atoms with van der Waals surface area (Å²) in [6.07, 6.45) is 1.57. The molecule has 0 aromatic carbocycles. The molecule has 2 aromatic heterocycles. The van der Waals surface area contributed by atoms with Gasteiger partial charge in [-0.1, -0.05) is 17.4 Å². The molecule has 1 amide bonds. The molecule has 0 unspecified atom stereocenters. The summed E-state index contributed by atoms with van der Waals surface area (Å²) in [5.41, 5.74) is 0.415. The first-order valence-corrected chi connectivity index (χ1v) is 6.69. The van der Waals surface area contributed by atoms with E-state index in [4.69, 9.17) is 4.74 Å². The highest BCUT2D eigenvalue weighted by Gasteiger charge is 2.09. The van der Waals surface area contributed by atoms with Gasteiger partial charge in [0, 0.05) is 18.9 Å². The standard InChI is InChI=1S/C12H14N4O3S/c1-8-4-3-5-16(11(8)18)6-9(17)13-12-15-14-10(20-12)7-19-2/h3-5H,6-7H2,1-2H3,(H,13,15,17). The van der Waals surface area contributed by atoms with Crippen LogP contribution in [0.2, 0.25) is 0 Å². The zero-order chi connectivity index (χ0) is 14.5. The molecule has 1 N–H and O–H groups in total. The first-order valence-electron chi connectivity index (χ1n) is 5.87. The van der Waals surface area contributed by atoms with Crippen molar-refractivity contribution in [1.82, 2.24) is 14.8 Å². The van der Waals surface area contributed by atoms with E-state index in [-0.39, 0.29) is 18.0 Å². The van der Waals surface area contributed by atoms with E-state index in [1.165, 1.54) is 15.9 Å². The fourth-order valence-corrected chi connectivity index (χ4v) is 2.31. The average Bonchev–Trinajstić information content (AvgIpc) is 2.83. The van der Waals surface area contributed by atoms with Gasteiger partial charge in [0.05, 0.1) is 0 Å². The van der Waals surface area contributed by atoms with Crippen LogP contribution in [-0.4, -0.2) is 27.8 Å². The number of nitrogens with one attached hydrogen (secondary N) is 1. The van der Waals surface area contributed by atoms with Crippen LogP contribution in [0.25, 0.3) is 0 Å². The van der Waals surface area contributed by atoms with Crippen molar-refractivity contribution in [3.05, 3.63) is 39.3 Å². The van der Waals surface area contributed by atoms with E-state index in [9.17, 15) is 9.59 Å². The minimum Gasteiger partial charge on any atom is -0.377 e. The Morgan fingerprint density at radius 1 is 1.50 bits per heavy atom. The third-order valence-electron chi connectivity index (χ3n) is 2.51. The van der Waals surface area contributed by atoms with Gasteiger partial charge >= 0.3 is 0 Å². The lowest BCUT2D eigenvalue weighted by molar-refractivity contribution is -0.116.